The fraction of sp³-hybridized carbons (Fsp3) is 0.357. The van der Waals surface area contributed by atoms with Crippen molar-refractivity contribution in [3.05, 3.63) is 44.9 Å². The number of aromatic nitrogens is 1. The number of nitrogens with zero attached hydrogens (tertiary/aromatic N) is 1. The number of carboxylic acid groups (broad SMARTS) is 1. The van der Waals surface area contributed by atoms with E-state index in [0.29, 0.717) is 5.56 Å². The summed E-state index contributed by atoms with van der Waals surface area (Å²) in [4.78, 5) is 12.4. The molecule has 0 atom stereocenters. The molecule has 3 nitrogen and oxygen atoms in total. The Morgan fingerprint density at radius 1 is 1.44 bits per heavy atom. The van der Waals surface area contributed by atoms with Gasteiger partial charge in [-0.2, -0.15) is 0 Å². The molecule has 2 rings (SSSR count). The minimum atomic E-state index is -0.851. The lowest BCUT2D eigenvalue weighted by Crippen LogP contribution is -2.06. The fourth-order valence-electron chi connectivity index (χ4n) is 2.23. The van der Waals surface area contributed by atoms with Crippen LogP contribution >= 0.6 is 11.3 Å². The van der Waals surface area contributed by atoms with E-state index in [9.17, 15) is 4.79 Å². The molecule has 0 saturated heterocycles. The maximum Gasteiger partial charge on any atom is 0.337 e. The van der Waals surface area contributed by atoms with Crippen LogP contribution in [0, 0.1) is 13.8 Å². The van der Waals surface area contributed by atoms with Crippen LogP contribution in [0.3, 0.4) is 0 Å². The maximum atomic E-state index is 11.1. The largest absolute Gasteiger partial charge is 0.478 e. The van der Waals surface area contributed by atoms with E-state index in [1.54, 1.807) is 17.4 Å². The van der Waals surface area contributed by atoms with E-state index in [4.69, 9.17) is 5.11 Å². The van der Waals surface area contributed by atoms with E-state index < -0.39 is 5.97 Å². The Morgan fingerprint density at radius 3 is 2.72 bits per heavy atom. The zero-order chi connectivity index (χ0) is 13.3. The van der Waals surface area contributed by atoms with Gasteiger partial charge in [-0.15, -0.1) is 11.3 Å². The second kappa shape index (κ2) is 4.98. The molecule has 0 spiro atoms. The fourth-order valence-corrected chi connectivity index (χ4v) is 3.19. The van der Waals surface area contributed by atoms with Crippen LogP contribution in [0.1, 0.15) is 39.1 Å². The number of aromatic carboxylic acids is 1. The zero-order valence-corrected chi connectivity index (χ0v) is 11.7. The molecule has 2 heterocycles. The van der Waals surface area contributed by atoms with Gasteiger partial charge < -0.3 is 9.67 Å². The maximum absolute atomic E-state index is 11.1. The second-order valence-electron chi connectivity index (χ2n) is 4.40. The van der Waals surface area contributed by atoms with Gasteiger partial charge in [-0.3, -0.25) is 0 Å². The van der Waals surface area contributed by atoms with Crippen molar-refractivity contribution >= 4 is 17.3 Å². The van der Waals surface area contributed by atoms with Crippen molar-refractivity contribution in [1.29, 1.82) is 0 Å². The molecule has 0 amide bonds. The standard InChI is InChI=1S/C14H17NO2S/c1-4-11-5-6-18-13(11)8-15-9(2)7-12(10(15)3)14(16)17/h5-7H,4,8H2,1-3H3,(H,16,17). The SMILES string of the molecule is CCc1ccsc1Cn1c(C)cc(C(=O)O)c1C. The van der Waals surface area contributed by atoms with Crippen molar-refractivity contribution in [2.75, 3.05) is 0 Å². The summed E-state index contributed by atoms with van der Waals surface area (Å²) in [6.07, 6.45) is 1.02. The summed E-state index contributed by atoms with van der Waals surface area (Å²) in [5.74, 6) is -0.851. The van der Waals surface area contributed by atoms with E-state index in [1.165, 1.54) is 10.4 Å². The first-order valence-electron chi connectivity index (χ1n) is 5.99. The minimum Gasteiger partial charge on any atom is -0.478 e. The minimum absolute atomic E-state index is 0.405. The molecule has 0 saturated carbocycles. The number of carbonyl (C=O) groups is 1. The summed E-state index contributed by atoms with van der Waals surface area (Å²) in [5.41, 5.74) is 3.59. The summed E-state index contributed by atoms with van der Waals surface area (Å²) in [7, 11) is 0. The third kappa shape index (κ3) is 2.20. The van der Waals surface area contributed by atoms with E-state index in [-0.39, 0.29) is 0 Å². The van der Waals surface area contributed by atoms with Gasteiger partial charge in [0.15, 0.2) is 0 Å². The molecule has 96 valence electrons. The molecule has 2 aromatic rings. The number of hydrogen-bond acceptors (Lipinski definition) is 2. The van der Waals surface area contributed by atoms with Gasteiger partial charge in [0.1, 0.15) is 0 Å². The monoisotopic (exact) mass is 263 g/mol. The molecule has 18 heavy (non-hydrogen) atoms. The first kappa shape index (κ1) is 12.9. The lowest BCUT2D eigenvalue weighted by atomic mass is 10.2. The Hall–Kier alpha value is -1.55. The number of carboxylic acids is 1. The third-order valence-electron chi connectivity index (χ3n) is 3.32. The van der Waals surface area contributed by atoms with Crippen LogP contribution in [-0.2, 0) is 13.0 Å². The smallest absolute Gasteiger partial charge is 0.337 e. The number of hydrogen-bond donors (Lipinski definition) is 1. The summed E-state index contributed by atoms with van der Waals surface area (Å²) >= 11 is 1.74. The van der Waals surface area contributed by atoms with Crippen molar-refractivity contribution in [2.45, 2.75) is 33.7 Å². The summed E-state index contributed by atoms with van der Waals surface area (Å²) in [5, 5.41) is 11.2. The molecule has 0 aliphatic rings. The summed E-state index contributed by atoms with van der Waals surface area (Å²) in [6, 6.07) is 3.89. The lowest BCUT2D eigenvalue weighted by molar-refractivity contribution is 0.0696. The average molecular weight is 263 g/mol. The predicted octanol–water partition coefficient (Wildman–Crippen LogP) is 3.48. The van der Waals surface area contributed by atoms with Gasteiger partial charge in [-0.05, 0) is 43.3 Å². The van der Waals surface area contributed by atoms with Crippen LogP contribution in [0.4, 0.5) is 0 Å². The van der Waals surface area contributed by atoms with Crippen molar-refractivity contribution in [2.24, 2.45) is 0 Å². The number of thiophene rings is 1. The second-order valence-corrected chi connectivity index (χ2v) is 5.40. The Bertz CT molecular complexity index is 581. The molecular weight excluding hydrogens is 246 g/mol. The quantitative estimate of drug-likeness (QED) is 0.917. The summed E-state index contributed by atoms with van der Waals surface area (Å²) in [6.45, 7) is 6.74. The first-order chi connectivity index (χ1) is 8.54. The number of aryl methyl sites for hydroxylation is 2. The molecular formula is C14H17NO2S. The van der Waals surface area contributed by atoms with Gasteiger partial charge >= 0.3 is 5.97 Å². The van der Waals surface area contributed by atoms with Crippen molar-refractivity contribution in [3.63, 3.8) is 0 Å². The third-order valence-corrected chi connectivity index (χ3v) is 4.27. The van der Waals surface area contributed by atoms with Crippen LogP contribution in [0.2, 0.25) is 0 Å². The predicted molar refractivity (Wildman–Crippen MR) is 73.7 cm³/mol. The first-order valence-corrected chi connectivity index (χ1v) is 6.87. The van der Waals surface area contributed by atoms with Crippen molar-refractivity contribution in [3.8, 4) is 0 Å². The molecule has 0 fully saturated rings. The highest BCUT2D eigenvalue weighted by Crippen LogP contribution is 2.22. The molecule has 2 aromatic heterocycles. The zero-order valence-electron chi connectivity index (χ0n) is 10.9. The van der Waals surface area contributed by atoms with E-state index in [2.05, 4.69) is 22.9 Å². The van der Waals surface area contributed by atoms with Gasteiger partial charge in [0, 0.05) is 16.3 Å². The molecule has 0 radical (unpaired) electrons. The molecule has 0 aliphatic carbocycles. The lowest BCUT2D eigenvalue weighted by Gasteiger charge is -2.09. The van der Waals surface area contributed by atoms with Crippen LogP contribution in [-0.4, -0.2) is 15.6 Å². The highest BCUT2D eigenvalue weighted by molar-refractivity contribution is 7.10. The molecule has 0 aromatic carbocycles. The average Bonchev–Trinajstić information content (AvgIpc) is 2.88. The highest BCUT2D eigenvalue weighted by Gasteiger charge is 2.15. The number of rotatable bonds is 4. The van der Waals surface area contributed by atoms with Gasteiger partial charge in [0.25, 0.3) is 0 Å². The van der Waals surface area contributed by atoms with Gasteiger partial charge in [-0.1, -0.05) is 6.92 Å². The topological polar surface area (TPSA) is 42.2 Å². The van der Waals surface area contributed by atoms with Crippen LogP contribution in [0.5, 0.6) is 0 Å². The van der Waals surface area contributed by atoms with E-state index in [0.717, 1.165) is 24.4 Å². The van der Waals surface area contributed by atoms with E-state index >= 15 is 0 Å². The Kier molecular flexibility index (Phi) is 3.57. The molecule has 0 bridgehead atoms. The van der Waals surface area contributed by atoms with Crippen molar-refractivity contribution in [1.82, 2.24) is 4.57 Å². The van der Waals surface area contributed by atoms with E-state index in [1.807, 2.05) is 13.8 Å². The molecule has 0 aliphatic heterocycles. The van der Waals surface area contributed by atoms with Gasteiger partial charge in [0.05, 0.1) is 12.1 Å². The Balaban J connectivity index is 2.38. The molecule has 0 unspecified atom stereocenters. The van der Waals surface area contributed by atoms with Gasteiger partial charge in [-0.25, -0.2) is 4.79 Å². The van der Waals surface area contributed by atoms with Crippen LogP contribution in [0.15, 0.2) is 17.5 Å². The summed E-state index contributed by atoms with van der Waals surface area (Å²) < 4.78 is 2.08. The highest BCUT2D eigenvalue weighted by atomic mass is 32.1. The Morgan fingerprint density at radius 2 is 2.17 bits per heavy atom. The van der Waals surface area contributed by atoms with Crippen molar-refractivity contribution < 1.29 is 9.90 Å². The molecule has 1 N–H and O–H groups in total. The normalized spacial score (nSPS) is 10.8. The Labute approximate surface area is 111 Å². The molecule has 4 heteroatoms. The van der Waals surface area contributed by atoms with Gasteiger partial charge in [0.2, 0.25) is 0 Å². The van der Waals surface area contributed by atoms with Crippen LogP contribution < -0.4 is 0 Å². The van der Waals surface area contributed by atoms with Crippen LogP contribution in [0.25, 0.3) is 0 Å².